The summed E-state index contributed by atoms with van der Waals surface area (Å²) in [6.07, 6.45) is 1.59. The number of benzene rings is 2. The van der Waals surface area contributed by atoms with Gasteiger partial charge in [0.2, 0.25) is 0 Å². The summed E-state index contributed by atoms with van der Waals surface area (Å²) in [6.45, 7) is 1.88. The van der Waals surface area contributed by atoms with E-state index in [0.29, 0.717) is 5.56 Å². The average molecular weight is 356 g/mol. The first-order valence-electron chi connectivity index (χ1n) is 6.83. The zero-order valence-electron chi connectivity index (χ0n) is 12.0. The first-order valence-corrected chi connectivity index (χ1v) is 7.62. The second-order valence-corrected chi connectivity index (χ2v) is 5.68. The molecule has 2 aromatic carbocycles. The van der Waals surface area contributed by atoms with Crippen molar-refractivity contribution in [3.63, 3.8) is 0 Å². The van der Waals surface area contributed by atoms with E-state index in [9.17, 15) is 4.79 Å². The van der Waals surface area contributed by atoms with Gasteiger partial charge in [0.25, 0.3) is 5.91 Å². The molecule has 4 nitrogen and oxygen atoms in total. The van der Waals surface area contributed by atoms with Crippen molar-refractivity contribution in [2.45, 2.75) is 6.92 Å². The minimum Gasteiger partial charge on any atom is -0.321 e. The van der Waals surface area contributed by atoms with Crippen LogP contribution < -0.4 is 5.32 Å². The van der Waals surface area contributed by atoms with Crippen molar-refractivity contribution in [2.75, 3.05) is 5.32 Å². The fourth-order valence-corrected chi connectivity index (χ4v) is 2.60. The third-order valence-electron chi connectivity index (χ3n) is 3.38. The lowest BCUT2D eigenvalue weighted by atomic mass is 10.2. The van der Waals surface area contributed by atoms with E-state index in [1.54, 1.807) is 10.9 Å². The van der Waals surface area contributed by atoms with Crippen LogP contribution in [0.15, 0.2) is 65.3 Å². The van der Waals surface area contributed by atoms with E-state index in [0.717, 1.165) is 21.5 Å². The van der Waals surface area contributed by atoms with Crippen molar-refractivity contribution in [1.29, 1.82) is 0 Å². The Bertz CT molecular complexity index is 812. The topological polar surface area (TPSA) is 46.9 Å². The number of para-hydroxylation sites is 2. The number of carbonyl (C=O) groups is 1. The van der Waals surface area contributed by atoms with Crippen LogP contribution in [0.1, 0.15) is 16.1 Å². The van der Waals surface area contributed by atoms with Gasteiger partial charge < -0.3 is 5.32 Å². The number of halogens is 1. The van der Waals surface area contributed by atoms with Crippen LogP contribution in [0, 0.1) is 6.92 Å². The van der Waals surface area contributed by atoms with Gasteiger partial charge in [0, 0.05) is 4.47 Å². The van der Waals surface area contributed by atoms with Gasteiger partial charge in [-0.3, -0.25) is 4.79 Å². The Morgan fingerprint density at radius 2 is 1.77 bits per heavy atom. The van der Waals surface area contributed by atoms with Crippen molar-refractivity contribution in [2.24, 2.45) is 0 Å². The van der Waals surface area contributed by atoms with Gasteiger partial charge in [0.15, 0.2) is 0 Å². The van der Waals surface area contributed by atoms with E-state index in [1.165, 1.54) is 0 Å². The second kappa shape index (κ2) is 6.15. The molecule has 0 radical (unpaired) electrons. The molecule has 0 spiro atoms. The third-order valence-corrected chi connectivity index (χ3v) is 4.07. The maximum absolute atomic E-state index is 12.4. The normalized spacial score (nSPS) is 10.5. The zero-order valence-corrected chi connectivity index (χ0v) is 13.5. The molecule has 1 aromatic heterocycles. The molecule has 22 heavy (non-hydrogen) atoms. The third kappa shape index (κ3) is 2.80. The highest BCUT2D eigenvalue weighted by molar-refractivity contribution is 9.10. The SMILES string of the molecule is Cc1c(C(=O)Nc2ccccc2Br)cnn1-c1ccccc1. The summed E-state index contributed by atoms with van der Waals surface area (Å²) in [6, 6.07) is 17.2. The molecule has 0 saturated heterocycles. The smallest absolute Gasteiger partial charge is 0.259 e. The van der Waals surface area contributed by atoms with Crippen LogP contribution in [0.5, 0.6) is 0 Å². The quantitative estimate of drug-likeness (QED) is 0.765. The van der Waals surface area contributed by atoms with Gasteiger partial charge in [-0.1, -0.05) is 30.3 Å². The Morgan fingerprint density at radius 1 is 1.09 bits per heavy atom. The van der Waals surface area contributed by atoms with Gasteiger partial charge in [-0.05, 0) is 47.1 Å². The highest BCUT2D eigenvalue weighted by Gasteiger charge is 2.15. The molecule has 0 aliphatic heterocycles. The summed E-state index contributed by atoms with van der Waals surface area (Å²) in [5, 5.41) is 7.21. The maximum Gasteiger partial charge on any atom is 0.259 e. The molecule has 0 bridgehead atoms. The van der Waals surface area contributed by atoms with E-state index in [2.05, 4.69) is 26.3 Å². The molecular weight excluding hydrogens is 342 g/mol. The zero-order chi connectivity index (χ0) is 15.5. The van der Waals surface area contributed by atoms with Gasteiger partial charge in [-0.2, -0.15) is 5.10 Å². The number of aromatic nitrogens is 2. The predicted octanol–water partition coefficient (Wildman–Crippen LogP) is 4.20. The minimum absolute atomic E-state index is 0.174. The number of nitrogens with one attached hydrogen (secondary N) is 1. The fraction of sp³-hybridized carbons (Fsp3) is 0.0588. The lowest BCUT2D eigenvalue weighted by molar-refractivity contribution is 0.102. The summed E-state index contributed by atoms with van der Waals surface area (Å²) in [5.74, 6) is -0.174. The number of rotatable bonds is 3. The standard InChI is InChI=1S/C17H14BrN3O/c1-12-14(11-19-21(12)13-7-3-2-4-8-13)17(22)20-16-10-6-5-9-15(16)18/h2-11H,1H3,(H,20,22). The highest BCUT2D eigenvalue weighted by Crippen LogP contribution is 2.22. The number of anilines is 1. The maximum atomic E-state index is 12.4. The Balaban J connectivity index is 1.89. The number of nitrogens with zero attached hydrogens (tertiary/aromatic N) is 2. The van der Waals surface area contributed by atoms with Gasteiger partial charge in [-0.15, -0.1) is 0 Å². The average Bonchev–Trinajstić information content (AvgIpc) is 2.92. The Morgan fingerprint density at radius 3 is 2.50 bits per heavy atom. The summed E-state index contributed by atoms with van der Waals surface area (Å²) >= 11 is 3.42. The molecule has 3 aromatic rings. The Hall–Kier alpha value is -2.40. The van der Waals surface area contributed by atoms with Crippen LogP contribution in [0.3, 0.4) is 0 Å². The molecule has 0 unspecified atom stereocenters. The van der Waals surface area contributed by atoms with E-state index in [4.69, 9.17) is 0 Å². The number of hydrogen-bond donors (Lipinski definition) is 1. The molecule has 0 atom stereocenters. The molecule has 110 valence electrons. The predicted molar refractivity (Wildman–Crippen MR) is 90.4 cm³/mol. The summed E-state index contributed by atoms with van der Waals surface area (Å²) < 4.78 is 2.60. The molecule has 0 aliphatic rings. The van der Waals surface area contributed by atoms with E-state index in [1.807, 2.05) is 61.5 Å². The molecule has 0 saturated carbocycles. The summed E-state index contributed by atoms with van der Waals surface area (Å²) in [4.78, 5) is 12.4. The Labute approximate surface area is 136 Å². The van der Waals surface area contributed by atoms with Crippen molar-refractivity contribution in [3.8, 4) is 5.69 Å². The van der Waals surface area contributed by atoms with Crippen molar-refractivity contribution >= 4 is 27.5 Å². The second-order valence-electron chi connectivity index (χ2n) is 4.82. The lowest BCUT2D eigenvalue weighted by Crippen LogP contribution is -2.13. The molecular formula is C17H14BrN3O. The van der Waals surface area contributed by atoms with E-state index >= 15 is 0 Å². The lowest BCUT2D eigenvalue weighted by Gasteiger charge is -2.07. The largest absolute Gasteiger partial charge is 0.321 e. The number of carbonyl (C=O) groups excluding carboxylic acids is 1. The van der Waals surface area contributed by atoms with Crippen LogP contribution in [0.25, 0.3) is 5.69 Å². The first kappa shape index (κ1) is 14.5. The molecule has 3 rings (SSSR count). The van der Waals surface area contributed by atoms with Gasteiger partial charge in [-0.25, -0.2) is 4.68 Å². The van der Waals surface area contributed by atoms with E-state index < -0.39 is 0 Å². The monoisotopic (exact) mass is 355 g/mol. The fourth-order valence-electron chi connectivity index (χ4n) is 2.21. The van der Waals surface area contributed by atoms with Crippen LogP contribution in [0.2, 0.25) is 0 Å². The number of amides is 1. The van der Waals surface area contributed by atoms with Crippen molar-refractivity contribution in [1.82, 2.24) is 9.78 Å². The van der Waals surface area contributed by atoms with Crippen LogP contribution in [0.4, 0.5) is 5.69 Å². The van der Waals surface area contributed by atoms with Gasteiger partial charge >= 0.3 is 0 Å². The van der Waals surface area contributed by atoms with Crippen LogP contribution in [-0.4, -0.2) is 15.7 Å². The summed E-state index contributed by atoms with van der Waals surface area (Å²) in [5.41, 5.74) is 3.02. The van der Waals surface area contributed by atoms with Gasteiger partial charge in [0.1, 0.15) is 0 Å². The molecule has 1 heterocycles. The van der Waals surface area contributed by atoms with Crippen molar-refractivity contribution in [3.05, 3.63) is 76.5 Å². The molecule has 1 N–H and O–H groups in total. The first-order chi connectivity index (χ1) is 10.7. The number of hydrogen-bond acceptors (Lipinski definition) is 2. The van der Waals surface area contributed by atoms with Crippen LogP contribution >= 0.6 is 15.9 Å². The molecule has 0 fully saturated rings. The van der Waals surface area contributed by atoms with E-state index in [-0.39, 0.29) is 5.91 Å². The van der Waals surface area contributed by atoms with Crippen LogP contribution in [-0.2, 0) is 0 Å². The molecule has 5 heteroatoms. The molecule has 1 amide bonds. The Kier molecular flexibility index (Phi) is 4.06. The van der Waals surface area contributed by atoms with Gasteiger partial charge in [0.05, 0.1) is 28.8 Å². The highest BCUT2D eigenvalue weighted by atomic mass is 79.9. The van der Waals surface area contributed by atoms with Crippen molar-refractivity contribution < 1.29 is 4.79 Å². The molecule has 0 aliphatic carbocycles. The summed E-state index contributed by atoms with van der Waals surface area (Å²) in [7, 11) is 0. The minimum atomic E-state index is -0.174.